The van der Waals surface area contributed by atoms with Crippen molar-refractivity contribution >= 4 is 40.0 Å². The van der Waals surface area contributed by atoms with Gasteiger partial charge in [-0.05, 0) is 50.1 Å². The third-order valence-electron chi connectivity index (χ3n) is 4.95. The van der Waals surface area contributed by atoms with Gasteiger partial charge in [-0.1, -0.05) is 48.2 Å². The molecule has 11 heteroatoms. The van der Waals surface area contributed by atoms with Crippen LogP contribution in [0.3, 0.4) is 0 Å². The normalized spacial score (nSPS) is 18.0. The molecular weight excluding hydrogens is 466 g/mol. The number of thioether (sulfide) groups is 1. The molecular formula is C21H20F4N3O2S2-. The fourth-order valence-corrected chi connectivity index (χ4v) is 5.36. The maximum absolute atomic E-state index is 14.0. The van der Waals surface area contributed by atoms with Crippen LogP contribution < -0.4 is 5.32 Å². The number of carbonyl (C=O) groups is 1. The first-order chi connectivity index (χ1) is 14.9. The molecule has 2 aromatic carbocycles. The van der Waals surface area contributed by atoms with Gasteiger partial charge in [-0.2, -0.15) is 13.2 Å². The third-order valence-corrected chi connectivity index (χ3v) is 6.58. The lowest BCUT2D eigenvalue weighted by Gasteiger charge is -2.44. The highest BCUT2D eigenvalue weighted by Gasteiger charge is 2.46. The summed E-state index contributed by atoms with van der Waals surface area (Å²) < 4.78 is 52.3. The van der Waals surface area contributed by atoms with Gasteiger partial charge in [0.05, 0.1) is 10.3 Å². The average molecular weight is 487 g/mol. The van der Waals surface area contributed by atoms with Crippen molar-refractivity contribution in [2.45, 2.75) is 37.4 Å². The summed E-state index contributed by atoms with van der Waals surface area (Å²) >= 11 is 6.61. The molecule has 1 aliphatic rings. The van der Waals surface area contributed by atoms with Crippen molar-refractivity contribution in [3.63, 3.8) is 0 Å². The topological polar surface area (TPSA) is 58.6 Å². The van der Waals surface area contributed by atoms with Crippen LogP contribution in [0.2, 0.25) is 0 Å². The number of benzene rings is 2. The van der Waals surface area contributed by atoms with Gasteiger partial charge in [0.2, 0.25) is 0 Å². The highest BCUT2D eigenvalue weighted by Crippen LogP contribution is 2.43. The molecule has 0 radical (unpaired) electrons. The quantitative estimate of drug-likeness (QED) is 0.326. The van der Waals surface area contributed by atoms with Crippen LogP contribution in [-0.2, 0) is 12.6 Å². The van der Waals surface area contributed by atoms with Crippen LogP contribution in [0.25, 0.3) is 0 Å². The zero-order valence-electron chi connectivity index (χ0n) is 17.1. The lowest BCUT2D eigenvalue weighted by Crippen LogP contribution is -2.54. The fraction of sp³-hybridized carbons (Fsp3) is 0.333. The zero-order valence-corrected chi connectivity index (χ0v) is 18.8. The number of nitrogens with one attached hydrogen (secondary N) is 1. The van der Waals surface area contributed by atoms with Crippen molar-refractivity contribution in [2.75, 3.05) is 11.9 Å². The Morgan fingerprint density at radius 2 is 1.94 bits per heavy atom. The molecule has 1 atom stereocenters. The SMILES string of the molecule is CC1(C)SC(=S)N(CCc2ccccc2F)[C@@H]1N([O-])C(=O)Nc1cccc(C(F)(F)F)c1. The molecule has 1 N–H and O–H groups in total. The molecule has 5 nitrogen and oxygen atoms in total. The van der Waals surface area contributed by atoms with E-state index < -0.39 is 28.7 Å². The van der Waals surface area contributed by atoms with E-state index in [2.05, 4.69) is 5.32 Å². The van der Waals surface area contributed by atoms with E-state index >= 15 is 0 Å². The summed E-state index contributed by atoms with van der Waals surface area (Å²) in [6.07, 6.45) is -5.36. The predicted octanol–water partition coefficient (Wildman–Crippen LogP) is 5.86. The number of amides is 2. The maximum Gasteiger partial charge on any atom is 0.416 e. The van der Waals surface area contributed by atoms with E-state index in [9.17, 15) is 27.6 Å². The predicted molar refractivity (Wildman–Crippen MR) is 121 cm³/mol. The number of anilines is 1. The van der Waals surface area contributed by atoms with E-state index in [1.165, 1.54) is 23.9 Å². The first-order valence-corrected chi connectivity index (χ1v) is 10.8. The van der Waals surface area contributed by atoms with Gasteiger partial charge in [-0.3, -0.25) is 0 Å². The van der Waals surface area contributed by atoms with Gasteiger partial charge in [0.25, 0.3) is 0 Å². The smallest absolute Gasteiger partial charge is 0.416 e. The summed E-state index contributed by atoms with van der Waals surface area (Å²) in [4.78, 5) is 14.2. The Labute approximate surface area is 192 Å². The molecule has 1 saturated heterocycles. The average Bonchev–Trinajstić information content (AvgIpc) is 2.94. The molecule has 172 valence electrons. The number of halogens is 4. The van der Waals surface area contributed by atoms with Gasteiger partial charge in [0.15, 0.2) is 0 Å². The number of carbonyl (C=O) groups excluding carboxylic acids is 1. The second-order valence-corrected chi connectivity index (χ2v) is 10.0. The lowest BCUT2D eigenvalue weighted by atomic mass is 10.1. The first-order valence-electron chi connectivity index (χ1n) is 9.58. The van der Waals surface area contributed by atoms with E-state index in [4.69, 9.17) is 12.2 Å². The molecule has 1 fully saturated rings. The standard InChI is InChI=1S/C21H20F4N3O2S2/c1-20(2)17(27(19(31)32-20)11-10-13-6-3-4-9-16(13)22)28(30)18(29)26-15-8-5-7-14(12-15)21(23,24)25/h3-9,12,17H,10-11H2,1-2H3,(H,26,29)/q-1/t17-/m1/s1. The second kappa shape index (κ2) is 9.24. The molecule has 1 aliphatic heterocycles. The molecule has 1 heterocycles. The Kier molecular flexibility index (Phi) is 7.01. The Morgan fingerprint density at radius 3 is 2.59 bits per heavy atom. The number of urea groups is 1. The molecule has 32 heavy (non-hydrogen) atoms. The Bertz CT molecular complexity index is 1020. The van der Waals surface area contributed by atoms with Crippen LogP contribution in [0.15, 0.2) is 48.5 Å². The number of nitrogens with zero attached hydrogens (tertiary/aromatic N) is 2. The van der Waals surface area contributed by atoms with Crippen LogP contribution in [0, 0.1) is 11.0 Å². The molecule has 2 amide bonds. The summed E-state index contributed by atoms with van der Waals surface area (Å²) in [6, 6.07) is 9.11. The van der Waals surface area contributed by atoms with Crippen LogP contribution in [-0.4, -0.2) is 37.8 Å². The Morgan fingerprint density at radius 1 is 1.25 bits per heavy atom. The van der Waals surface area contributed by atoms with E-state index in [1.807, 2.05) is 0 Å². The van der Waals surface area contributed by atoms with E-state index in [-0.39, 0.29) is 29.5 Å². The van der Waals surface area contributed by atoms with Crippen LogP contribution in [0.1, 0.15) is 25.0 Å². The zero-order chi connectivity index (χ0) is 23.7. The number of hydrogen-bond donors (Lipinski definition) is 1. The monoisotopic (exact) mass is 486 g/mol. The van der Waals surface area contributed by atoms with Crippen LogP contribution >= 0.6 is 24.0 Å². The summed E-state index contributed by atoms with van der Waals surface area (Å²) in [5.41, 5.74) is -0.665. The second-order valence-electron chi connectivity index (χ2n) is 7.71. The van der Waals surface area contributed by atoms with E-state index in [0.717, 1.165) is 18.2 Å². The van der Waals surface area contributed by atoms with Gasteiger partial charge in [0, 0.05) is 12.2 Å². The molecule has 0 saturated carbocycles. The lowest BCUT2D eigenvalue weighted by molar-refractivity contribution is -0.137. The van der Waals surface area contributed by atoms with Crippen LogP contribution in [0.4, 0.5) is 28.0 Å². The Balaban J connectivity index is 1.77. The van der Waals surface area contributed by atoms with Crippen molar-refractivity contribution in [2.24, 2.45) is 0 Å². The molecule has 0 unspecified atom stereocenters. The summed E-state index contributed by atoms with van der Waals surface area (Å²) in [7, 11) is 0. The summed E-state index contributed by atoms with van der Waals surface area (Å²) in [5, 5.41) is 15.4. The molecule has 3 rings (SSSR count). The molecule has 0 aromatic heterocycles. The number of thiocarbonyl (C=S) groups is 1. The third kappa shape index (κ3) is 5.33. The molecule has 2 aromatic rings. The summed E-state index contributed by atoms with van der Waals surface area (Å²) in [5.74, 6) is -0.387. The minimum absolute atomic E-state index is 0.158. The largest absolute Gasteiger partial charge is 0.753 e. The van der Waals surface area contributed by atoms with Gasteiger partial charge in [-0.25, -0.2) is 9.18 Å². The van der Waals surface area contributed by atoms with Crippen molar-refractivity contribution < 1.29 is 22.4 Å². The minimum atomic E-state index is -4.59. The first kappa shape index (κ1) is 24.3. The number of hydrogen-bond acceptors (Lipinski definition) is 4. The van der Waals surface area contributed by atoms with Gasteiger partial charge in [0.1, 0.15) is 16.3 Å². The number of alkyl halides is 3. The Hall–Kier alpha value is -2.37. The highest BCUT2D eigenvalue weighted by atomic mass is 32.2. The number of hydroxylamine groups is 2. The van der Waals surface area contributed by atoms with Crippen molar-refractivity contribution in [3.05, 3.63) is 70.7 Å². The molecule has 0 spiro atoms. The van der Waals surface area contributed by atoms with Crippen LogP contribution in [0.5, 0.6) is 0 Å². The van der Waals surface area contributed by atoms with Gasteiger partial charge < -0.3 is 20.5 Å². The number of rotatable bonds is 5. The molecule has 0 bridgehead atoms. The van der Waals surface area contributed by atoms with Crippen molar-refractivity contribution in [1.82, 2.24) is 9.96 Å². The summed E-state index contributed by atoms with van der Waals surface area (Å²) in [6.45, 7) is 3.66. The maximum atomic E-state index is 14.0. The highest BCUT2D eigenvalue weighted by molar-refractivity contribution is 8.24. The fourth-order valence-electron chi connectivity index (χ4n) is 3.44. The van der Waals surface area contributed by atoms with Gasteiger partial charge >= 0.3 is 12.2 Å². The van der Waals surface area contributed by atoms with Crippen molar-refractivity contribution in [3.8, 4) is 0 Å². The van der Waals surface area contributed by atoms with Gasteiger partial charge in [-0.15, -0.1) is 0 Å². The van der Waals surface area contributed by atoms with E-state index in [0.29, 0.717) is 9.88 Å². The minimum Gasteiger partial charge on any atom is -0.753 e. The van der Waals surface area contributed by atoms with Crippen molar-refractivity contribution in [1.29, 1.82) is 0 Å². The molecule has 0 aliphatic carbocycles. The van der Waals surface area contributed by atoms with E-state index in [1.54, 1.807) is 36.9 Å².